The van der Waals surface area contributed by atoms with Crippen LogP contribution in [-0.4, -0.2) is 41.3 Å². The van der Waals surface area contributed by atoms with Crippen LogP contribution in [0.2, 0.25) is 0 Å². The number of aliphatic hydroxyl groups is 1. The van der Waals surface area contributed by atoms with Crippen LogP contribution in [-0.2, 0) is 11.2 Å². The van der Waals surface area contributed by atoms with Gasteiger partial charge in [0.05, 0.1) is 24.4 Å². The lowest BCUT2D eigenvalue weighted by molar-refractivity contribution is -0.117. The molecule has 2 aliphatic rings. The second-order valence-electron chi connectivity index (χ2n) is 5.80. The Morgan fingerprint density at radius 3 is 3.22 bits per heavy atom. The molecule has 7 heteroatoms. The summed E-state index contributed by atoms with van der Waals surface area (Å²) in [6.07, 6.45) is 0.910. The number of ether oxygens (including phenoxy) is 1. The molecule has 0 unspecified atom stereocenters. The van der Waals surface area contributed by atoms with Crippen molar-refractivity contribution in [2.75, 3.05) is 18.5 Å². The van der Waals surface area contributed by atoms with Crippen LogP contribution in [0.5, 0.6) is 5.75 Å². The van der Waals surface area contributed by atoms with Gasteiger partial charge in [0.25, 0.3) is 0 Å². The molecular formula is C16H17N3O3S. The molecule has 6 nitrogen and oxygen atoms in total. The van der Waals surface area contributed by atoms with Crippen LogP contribution >= 0.6 is 11.3 Å². The Bertz CT molecular complexity index is 746. The van der Waals surface area contributed by atoms with E-state index in [0.717, 1.165) is 30.0 Å². The highest BCUT2D eigenvalue weighted by molar-refractivity contribution is 7.14. The van der Waals surface area contributed by atoms with E-state index in [1.807, 2.05) is 17.5 Å². The van der Waals surface area contributed by atoms with Gasteiger partial charge in [0, 0.05) is 23.9 Å². The van der Waals surface area contributed by atoms with E-state index in [4.69, 9.17) is 4.74 Å². The fourth-order valence-corrected chi connectivity index (χ4v) is 3.64. The van der Waals surface area contributed by atoms with Crippen LogP contribution in [0, 0.1) is 0 Å². The number of β-amino-alcohol motifs (C(OH)–C–C–N with tert-alkyl or cyclic N) is 1. The second kappa shape index (κ2) is 5.92. The number of aliphatic hydroxyl groups excluding tert-OH is 1. The Labute approximate surface area is 137 Å². The normalized spacial score (nSPS) is 22.7. The number of amides is 1. The number of carbonyl (C=O) groups excluding carboxylic acids is 1. The second-order valence-corrected chi connectivity index (χ2v) is 6.66. The summed E-state index contributed by atoms with van der Waals surface area (Å²) in [5.74, 6) is 0.799. The van der Waals surface area contributed by atoms with Gasteiger partial charge in [-0.3, -0.25) is 4.79 Å². The summed E-state index contributed by atoms with van der Waals surface area (Å²) in [5.41, 5.74) is 3.07. The largest absolute Gasteiger partial charge is 0.493 e. The average Bonchev–Trinajstić information content (AvgIpc) is 3.26. The van der Waals surface area contributed by atoms with Gasteiger partial charge in [-0.05, 0) is 30.2 Å². The Morgan fingerprint density at radius 2 is 2.39 bits per heavy atom. The minimum atomic E-state index is -0.453. The number of nitrogens with one attached hydrogen (secondary N) is 2. The Hall–Kier alpha value is -1.96. The standard InChI is InChI=1S/C16H17N3O3S/c20-11-6-12(17-7-11)15(21)19-16-18-13(8-23-16)9-1-2-14-10(5-9)3-4-22-14/h1-2,5,8,11-12,17,20H,3-4,6-7H2,(H,18,19,21)/t11-,12-/m0/s1. The highest BCUT2D eigenvalue weighted by atomic mass is 32.1. The van der Waals surface area contributed by atoms with E-state index in [1.54, 1.807) is 0 Å². The number of fused-ring (bicyclic) bond motifs is 1. The molecule has 0 spiro atoms. The molecule has 1 aromatic heterocycles. The van der Waals surface area contributed by atoms with E-state index in [1.165, 1.54) is 16.9 Å². The first-order chi connectivity index (χ1) is 11.2. The molecule has 2 aromatic rings. The molecule has 1 saturated heterocycles. The summed E-state index contributed by atoms with van der Waals surface area (Å²) in [4.78, 5) is 16.6. The van der Waals surface area contributed by atoms with Crippen LogP contribution in [0.15, 0.2) is 23.6 Å². The molecule has 1 aromatic carbocycles. The van der Waals surface area contributed by atoms with Crippen molar-refractivity contribution < 1.29 is 14.6 Å². The molecule has 0 bridgehead atoms. The zero-order valence-corrected chi connectivity index (χ0v) is 13.2. The fraction of sp³-hybridized carbons (Fsp3) is 0.375. The maximum atomic E-state index is 12.1. The fourth-order valence-electron chi connectivity index (χ4n) is 2.92. The van der Waals surface area contributed by atoms with Crippen LogP contribution in [0.1, 0.15) is 12.0 Å². The van der Waals surface area contributed by atoms with Gasteiger partial charge in [-0.2, -0.15) is 0 Å². The molecule has 3 N–H and O–H groups in total. The van der Waals surface area contributed by atoms with Crippen LogP contribution < -0.4 is 15.4 Å². The highest BCUT2D eigenvalue weighted by Gasteiger charge is 2.28. The Kier molecular flexibility index (Phi) is 3.76. The van der Waals surface area contributed by atoms with E-state index in [9.17, 15) is 9.90 Å². The summed E-state index contributed by atoms with van der Waals surface area (Å²) in [6, 6.07) is 5.70. The van der Waals surface area contributed by atoms with E-state index in [-0.39, 0.29) is 11.9 Å². The monoisotopic (exact) mass is 331 g/mol. The van der Waals surface area contributed by atoms with Crippen molar-refractivity contribution in [3.05, 3.63) is 29.1 Å². The van der Waals surface area contributed by atoms with Gasteiger partial charge < -0.3 is 20.5 Å². The molecule has 0 radical (unpaired) electrons. The summed E-state index contributed by atoms with van der Waals surface area (Å²) < 4.78 is 5.51. The molecule has 0 saturated carbocycles. The maximum absolute atomic E-state index is 12.1. The number of anilines is 1. The van der Waals surface area contributed by atoms with Crippen LogP contribution in [0.25, 0.3) is 11.3 Å². The molecule has 2 aliphatic heterocycles. The van der Waals surface area contributed by atoms with Crippen LogP contribution in [0.4, 0.5) is 5.13 Å². The third kappa shape index (κ3) is 2.95. The summed E-state index contributed by atoms with van der Waals surface area (Å²) in [6.45, 7) is 1.19. The number of hydrogen-bond donors (Lipinski definition) is 3. The van der Waals surface area contributed by atoms with Crippen LogP contribution in [0.3, 0.4) is 0 Å². The van der Waals surface area contributed by atoms with Crippen molar-refractivity contribution in [2.45, 2.75) is 25.0 Å². The highest BCUT2D eigenvalue weighted by Crippen LogP contribution is 2.32. The molecule has 2 atom stereocenters. The Morgan fingerprint density at radius 1 is 1.48 bits per heavy atom. The predicted molar refractivity (Wildman–Crippen MR) is 87.8 cm³/mol. The topological polar surface area (TPSA) is 83.5 Å². The number of aromatic nitrogens is 1. The number of hydrogen-bond acceptors (Lipinski definition) is 6. The zero-order chi connectivity index (χ0) is 15.8. The molecule has 0 aliphatic carbocycles. The van der Waals surface area contributed by atoms with Crippen molar-refractivity contribution in [2.24, 2.45) is 0 Å². The maximum Gasteiger partial charge on any atom is 0.243 e. The predicted octanol–water partition coefficient (Wildman–Crippen LogP) is 1.41. The first-order valence-corrected chi connectivity index (χ1v) is 8.51. The number of thiazole rings is 1. The smallest absolute Gasteiger partial charge is 0.243 e. The third-order valence-corrected chi connectivity index (χ3v) is 4.90. The molecule has 120 valence electrons. The third-order valence-electron chi connectivity index (χ3n) is 4.14. The quantitative estimate of drug-likeness (QED) is 0.792. The minimum Gasteiger partial charge on any atom is -0.493 e. The van der Waals surface area contributed by atoms with Gasteiger partial charge in [-0.1, -0.05) is 0 Å². The summed E-state index contributed by atoms with van der Waals surface area (Å²) >= 11 is 1.40. The first kappa shape index (κ1) is 14.6. The molecule has 1 amide bonds. The van der Waals surface area contributed by atoms with Crippen molar-refractivity contribution in [1.29, 1.82) is 0 Å². The van der Waals surface area contributed by atoms with Crippen molar-refractivity contribution in [3.63, 3.8) is 0 Å². The van der Waals surface area contributed by atoms with Gasteiger partial charge in [-0.15, -0.1) is 11.3 Å². The molecule has 4 rings (SSSR count). The van der Waals surface area contributed by atoms with Gasteiger partial charge in [0.15, 0.2) is 5.13 Å². The average molecular weight is 331 g/mol. The number of benzene rings is 1. The van der Waals surface area contributed by atoms with Crippen molar-refractivity contribution >= 4 is 22.4 Å². The first-order valence-electron chi connectivity index (χ1n) is 7.63. The zero-order valence-electron chi connectivity index (χ0n) is 12.4. The van der Waals surface area contributed by atoms with Crippen molar-refractivity contribution in [3.8, 4) is 17.0 Å². The summed E-state index contributed by atoms with van der Waals surface area (Å²) in [7, 11) is 0. The van der Waals surface area contributed by atoms with Gasteiger partial charge >= 0.3 is 0 Å². The minimum absolute atomic E-state index is 0.148. The number of carbonyl (C=O) groups is 1. The van der Waals surface area contributed by atoms with E-state index in [2.05, 4.69) is 21.7 Å². The summed E-state index contributed by atoms with van der Waals surface area (Å²) in [5, 5.41) is 17.8. The molecule has 23 heavy (non-hydrogen) atoms. The SMILES string of the molecule is O=C(Nc1nc(-c2ccc3c(c2)CCO3)cs1)[C@@H]1C[C@H](O)CN1. The molecule has 1 fully saturated rings. The number of rotatable bonds is 3. The van der Waals surface area contributed by atoms with Gasteiger partial charge in [0.2, 0.25) is 5.91 Å². The van der Waals surface area contributed by atoms with E-state index >= 15 is 0 Å². The molecular weight excluding hydrogens is 314 g/mol. The van der Waals surface area contributed by atoms with E-state index < -0.39 is 6.10 Å². The lowest BCUT2D eigenvalue weighted by atomic mass is 10.1. The van der Waals surface area contributed by atoms with Gasteiger partial charge in [0.1, 0.15) is 5.75 Å². The Balaban J connectivity index is 1.47. The van der Waals surface area contributed by atoms with Gasteiger partial charge in [-0.25, -0.2) is 4.98 Å². The number of nitrogens with zero attached hydrogens (tertiary/aromatic N) is 1. The van der Waals surface area contributed by atoms with Crippen molar-refractivity contribution in [1.82, 2.24) is 10.3 Å². The molecule has 3 heterocycles. The lowest BCUT2D eigenvalue weighted by Crippen LogP contribution is -2.35. The van der Waals surface area contributed by atoms with E-state index in [0.29, 0.717) is 18.1 Å². The lowest BCUT2D eigenvalue weighted by Gasteiger charge is -2.08.